The van der Waals surface area contributed by atoms with E-state index in [1.807, 2.05) is 24.3 Å². The summed E-state index contributed by atoms with van der Waals surface area (Å²) in [7, 11) is 3.30. The van der Waals surface area contributed by atoms with Crippen molar-refractivity contribution in [2.45, 2.75) is 13.8 Å². The van der Waals surface area contributed by atoms with E-state index in [9.17, 15) is 0 Å². The van der Waals surface area contributed by atoms with E-state index in [2.05, 4.69) is 24.2 Å². The fourth-order valence-electron chi connectivity index (χ4n) is 2.62. The Bertz CT molecular complexity index is 820. The van der Waals surface area contributed by atoms with Crippen LogP contribution in [0, 0.1) is 13.8 Å². The van der Waals surface area contributed by atoms with Crippen LogP contribution in [0.15, 0.2) is 35.8 Å². The molecule has 0 saturated heterocycles. The lowest BCUT2D eigenvalue weighted by Gasteiger charge is -2.10. The van der Waals surface area contributed by atoms with Gasteiger partial charge >= 0.3 is 0 Å². The average Bonchev–Trinajstić information content (AvgIpc) is 3.03. The number of ether oxygens (including phenoxy) is 2. The van der Waals surface area contributed by atoms with Gasteiger partial charge in [0.15, 0.2) is 0 Å². The second kappa shape index (κ2) is 6.38. The van der Waals surface area contributed by atoms with E-state index < -0.39 is 0 Å². The summed E-state index contributed by atoms with van der Waals surface area (Å²) >= 11 is 1.62. The van der Waals surface area contributed by atoms with Gasteiger partial charge < -0.3 is 9.47 Å². The van der Waals surface area contributed by atoms with Gasteiger partial charge in [-0.3, -0.25) is 0 Å². The van der Waals surface area contributed by atoms with Gasteiger partial charge in [0.2, 0.25) is 5.88 Å². The fourth-order valence-corrected chi connectivity index (χ4v) is 3.43. The largest absolute Gasteiger partial charge is 0.497 e. The normalized spacial score (nSPS) is 10.6. The molecule has 2 aromatic heterocycles. The standard InChI is InChI=1S/C18H18N2O2S/c1-11-7-14(21-3)8-12(2)17(11)15-10-23-18(20-15)13-5-6-19-16(9-13)22-4/h5-10H,1-4H3. The third-order valence-corrected chi connectivity index (χ3v) is 4.58. The summed E-state index contributed by atoms with van der Waals surface area (Å²) in [6.07, 6.45) is 1.74. The number of benzene rings is 1. The molecule has 0 unspecified atom stereocenters. The van der Waals surface area contributed by atoms with Crippen LogP contribution in [-0.4, -0.2) is 24.2 Å². The molecule has 0 bridgehead atoms. The van der Waals surface area contributed by atoms with Crippen molar-refractivity contribution in [2.24, 2.45) is 0 Å². The maximum Gasteiger partial charge on any atom is 0.213 e. The second-order valence-electron chi connectivity index (χ2n) is 5.26. The van der Waals surface area contributed by atoms with Crippen molar-refractivity contribution in [3.8, 4) is 33.5 Å². The monoisotopic (exact) mass is 326 g/mol. The predicted molar refractivity (Wildman–Crippen MR) is 93.4 cm³/mol. The highest BCUT2D eigenvalue weighted by atomic mass is 32.1. The minimum Gasteiger partial charge on any atom is -0.497 e. The number of aromatic nitrogens is 2. The lowest BCUT2D eigenvalue weighted by molar-refractivity contribution is 0.398. The molecule has 1 aromatic carbocycles. The van der Waals surface area contributed by atoms with Crippen molar-refractivity contribution in [1.29, 1.82) is 0 Å². The van der Waals surface area contributed by atoms with E-state index in [-0.39, 0.29) is 0 Å². The molecule has 5 heteroatoms. The Balaban J connectivity index is 2.02. The smallest absolute Gasteiger partial charge is 0.213 e. The lowest BCUT2D eigenvalue weighted by atomic mass is 10.0. The van der Waals surface area contributed by atoms with Gasteiger partial charge in [-0.15, -0.1) is 11.3 Å². The Morgan fingerprint density at radius 2 is 1.74 bits per heavy atom. The molecular formula is C18H18N2O2S. The van der Waals surface area contributed by atoms with Gasteiger partial charge in [-0.2, -0.15) is 0 Å². The molecule has 0 atom stereocenters. The summed E-state index contributed by atoms with van der Waals surface area (Å²) in [6, 6.07) is 7.92. The second-order valence-corrected chi connectivity index (χ2v) is 6.12. The molecule has 0 N–H and O–H groups in total. The molecular weight excluding hydrogens is 308 g/mol. The Morgan fingerprint density at radius 1 is 1.00 bits per heavy atom. The molecule has 0 aliphatic rings. The average molecular weight is 326 g/mol. The Labute approximate surface area is 139 Å². The highest BCUT2D eigenvalue weighted by Gasteiger charge is 2.13. The third-order valence-electron chi connectivity index (χ3n) is 3.69. The van der Waals surface area contributed by atoms with Crippen LogP contribution in [-0.2, 0) is 0 Å². The van der Waals surface area contributed by atoms with E-state index in [4.69, 9.17) is 14.5 Å². The van der Waals surface area contributed by atoms with Crippen LogP contribution in [0.25, 0.3) is 21.8 Å². The van der Waals surface area contributed by atoms with Gasteiger partial charge in [0.1, 0.15) is 10.8 Å². The summed E-state index contributed by atoms with van der Waals surface area (Å²) < 4.78 is 10.5. The number of nitrogens with zero attached hydrogens (tertiary/aromatic N) is 2. The summed E-state index contributed by atoms with van der Waals surface area (Å²) in [6.45, 7) is 4.17. The molecule has 4 nitrogen and oxygen atoms in total. The van der Waals surface area contributed by atoms with Crippen LogP contribution < -0.4 is 9.47 Å². The van der Waals surface area contributed by atoms with Crippen molar-refractivity contribution in [3.05, 3.63) is 47.0 Å². The Kier molecular flexibility index (Phi) is 4.30. The predicted octanol–water partition coefficient (Wildman–Crippen LogP) is 4.51. The summed E-state index contributed by atoms with van der Waals surface area (Å²) in [4.78, 5) is 8.93. The van der Waals surface area contributed by atoms with Gasteiger partial charge in [0.25, 0.3) is 0 Å². The quantitative estimate of drug-likeness (QED) is 0.708. The maximum atomic E-state index is 5.33. The molecule has 0 spiro atoms. The van der Waals surface area contributed by atoms with E-state index in [1.54, 1.807) is 31.8 Å². The zero-order valence-corrected chi connectivity index (χ0v) is 14.4. The molecule has 0 radical (unpaired) electrons. The van der Waals surface area contributed by atoms with Crippen LogP contribution >= 0.6 is 11.3 Å². The number of thiazole rings is 1. The van der Waals surface area contributed by atoms with E-state index in [0.29, 0.717) is 5.88 Å². The molecule has 23 heavy (non-hydrogen) atoms. The number of hydrogen-bond acceptors (Lipinski definition) is 5. The van der Waals surface area contributed by atoms with Crippen LogP contribution in [0.3, 0.4) is 0 Å². The molecule has 2 heterocycles. The van der Waals surface area contributed by atoms with Gasteiger partial charge in [-0.05, 0) is 43.2 Å². The zero-order valence-electron chi connectivity index (χ0n) is 13.6. The van der Waals surface area contributed by atoms with Crippen molar-refractivity contribution in [1.82, 2.24) is 9.97 Å². The molecule has 0 amide bonds. The Morgan fingerprint density at radius 3 is 2.39 bits per heavy atom. The van der Waals surface area contributed by atoms with E-state index in [1.165, 1.54) is 0 Å². The maximum absolute atomic E-state index is 5.33. The summed E-state index contributed by atoms with van der Waals surface area (Å²) in [5.41, 5.74) is 5.47. The van der Waals surface area contributed by atoms with Crippen LogP contribution in [0.4, 0.5) is 0 Å². The minimum atomic E-state index is 0.594. The van der Waals surface area contributed by atoms with Crippen molar-refractivity contribution in [2.75, 3.05) is 14.2 Å². The molecule has 0 fully saturated rings. The fraction of sp³-hybridized carbons (Fsp3) is 0.222. The highest BCUT2D eigenvalue weighted by molar-refractivity contribution is 7.13. The lowest BCUT2D eigenvalue weighted by Crippen LogP contribution is -1.92. The first-order valence-corrected chi connectivity index (χ1v) is 8.12. The number of pyridine rings is 1. The molecule has 0 aliphatic heterocycles. The van der Waals surface area contributed by atoms with Crippen LogP contribution in [0.5, 0.6) is 11.6 Å². The zero-order chi connectivity index (χ0) is 16.4. The molecule has 118 valence electrons. The summed E-state index contributed by atoms with van der Waals surface area (Å²) in [5, 5.41) is 3.04. The number of aryl methyl sites for hydroxylation is 2. The number of methoxy groups -OCH3 is 2. The SMILES string of the molecule is COc1cc(C)c(-c2csc(-c3ccnc(OC)c3)n2)c(C)c1. The first kappa shape index (κ1) is 15.5. The summed E-state index contributed by atoms with van der Waals surface area (Å²) in [5.74, 6) is 1.47. The number of rotatable bonds is 4. The third kappa shape index (κ3) is 3.05. The molecule has 0 aliphatic carbocycles. The number of hydrogen-bond donors (Lipinski definition) is 0. The van der Waals surface area contributed by atoms with Crippen molar-refractivity contribution >= 4 is 11.3 Å². The van der Waals surface area contributed by atoms with Crippen molar-refractivity contribution < 1.29 is 9.47 Å². The van der Waals surface area contributed by atoms with Gasteiger partial charge in [-0.25, -0.2) is 9.97 Å². The Hall–Kier alpha value is -2.40. The van der Waals surface area contributed by atoms with Crippen LogP contribution in [0.2, 0.25) is 0 Å². The minimum absolute atomic E-state index is 0.594. The molecule has 0 saturated carbocycles. The van der Waals surface area contributed by atoms with Gasteiger partial charge in [0.05, 0.1) is 19.9 Å². The molecule has 3 rings (SSSR count). The van der Waals surface area contributed by atoms with Crippen molar-refractivity contribution in [3.63, 3.8) is 0 Å². The van der Waals surface area contributed by atoms with E-state index in [0.717, 1.165) is 38.7 Å². The van der Waals surface area contributed by atoms with Crippen LogP contribution in [0.1, 0.15) is 11.1 Å². The van der Waals surface area contributed by atoms with Gasteiger partial charge in [0, 0.05) is 28.8 Å². The topological polar surface area (TPSA) is 44.2 Å². The van der Waals surface area contributed by atoms with E-state index >= 15 is 0 Å². The first-order chi connectivity index (χ1) is 11.1. The van der Waals surface area contributed by atoms with Gasteiger partial charge in [-0.1, -0.05) is 0 Å². The first-order valence-electron chi connectivity index (χ1n) is 7.24. The molecule has 3 aromatic rings. The highest BCUT2D eigenvalue weighted by Crippen LogP contribution is 2.34.